The Morgan fingerprint density at radius 2 is 1.71 bits per heavy atom. The zero-order valence-electron chi connectivity index (χ0n) is 15.7. The van der Waals surface area contributed by atoms with Gasteiger partial charge in [0.05, 0.1) is 18.8 Å². The van der Waals surface area contributed by atoms with Crippen molar-refractivity contribution < 1.29 is 9.84 Å². The first kappa shape index (κ1) is 17.3. The largest absolute Gasteiger partial charge is 0.393 e. The first-order valence-corrected chi connectivity index (χ1v) is 10.5. The standard InChI is InChI=1S/C21H37NO2/c1-20-9-7-15(24-12-11-22)13-14(20)3-4-16-17-5-6-19(23)21(17,2)10-8-18(16)20/h14-19,23H,3-13,22H2,1-2H3/t14?,15?,16-,17-,18-,19?,20-,21-/m0/s1. The molecule has 0 heterocycles. The summed E-state index contributed by atoms with van der Waals surface area (Å²) >= 11 is 0. The van der Waals surface area contributed by atoms with Crippen molar-refractivity contribution >= 4 is 0 Å². The Balaban J connectivity index is 1.50. The Morgan fingerprint density at radius 1 is 0.958 bits per heavy atom. The zero-order chi connectivity index (χ0) is 16.9. The maximum Gasteiger partial charge on any atom is 0.0596 e. The quantitative estimate of drug-likeness (QED) is 0.826. The summed E-state index contributed by atoms with van der Waals surface area (Å²) in [5, 5.41) is 10.6. The average molecular weight is 336 g/mol. The molecular weight excluding hydrogens is 298 g/mol. The fourth-order valence-corrected chi connectivity index (χ4v) is 7.58. The normalized spacial score (nSPS) is 54.0. The molecule has 24 heavy (non-hydrogen) atoms. The SMILES string of the molecule is C[C@]12CCC(OCCN)CC1CC[C@@H]1[C@@H]2CC[C@]2(C)C(O)CC[C@@H]12. The van der Waals surface area contributed by atoms with Gasteiger partial charge in [-0.3, -0.25) is 0 Å². The van der Waals surface area contributed by atoms with Crippen LogP contribution < -0.4 is 5.73 Å². The summed E-state index contributed by atoms with van der Waals surface area (Å²) in [5.74, 6) is 3.36. The van der Waals surface area contributed by atoms with Crippen LogP contribution in [0.3, 0.4) is 0 Å². The molecule has 4 rings (SSSR count). The van der Waals surface area contributed by atoms with Crippen LogP contribution in [0.25, 0.3) is 0 Å². The van der Waals surface area contributed by atoms with Gasteiger partial charge in [0.25, 0.3) is 0 Å². The summed E-state index contributed by atoms with van der Waals surface area (Å²) in [4.78, 5) is 0. The minimum Gasteiger partial charge on any atom is -0.393 e. The number of rotatable bonds is 3. The second kappa shape index (κ2) is 6.25. The van der Waals surface area contributed by atoms with Crippen LogP contribution in [-0.2, 0) is 4.74 Å². The molecule has 0 spiro atoms. The smallest absolute Gasteiger partial charge is 0.0596 e. The summed E-state index contributed by atoms with van der Waals surface area (Å²) in [6.45, 7) is 6.35. The van der Waals surface area contributed by atoms with Crippen molar-refractivity contribution in [1.29, 1.82) is 0 Å². The Kier molecular flexibility index (Phi) is 4.50. The maximum atomic E-state index is 10.6. The molecule has 8 atom stereocenters. The summed E-state index contributed by atoms with van der Waals surface area (Å²) in [5.41, 5.74) is 6.35. The summed E-state index contributed by atoms with van der Waals surface area (Å²) in [7, 11) is 0. The van der Waals surface area contributed by atoms with E-state index in [4.69, 9.17) is 10.5 Å². The van der Waals surface area contributed by atoms with E-state index in [0.717, 1.165) is 36.7 Å². The third-order valence-corrected chi connectivity index (χ3v) is 9.04. The van der Waals surface area contributed by atoms with Crippen molar-refractivity contribution in [2.75, 3.05) is 13.2 Å². The molecule has 0 bridgehead atoms. The van der Waals surface area contributed by atoms with Crippen molar-refractivity contribution in [1.82, 2.24) is 0 Å². The van der Waals surface area contributed by atoms with Gasteiger partial charge in [0.1, 0.15) is 0 Å². The number of ether oxygens (including phenoxy) is 1. The average Bonchev–Trinajstić information content (AvgIpc) is 2.88. The molecule has 4 fully saturated rings. The second-order valence-corrected chi connectivity index (χ2v) is 9.85. The first-order chi connectivity index (χ1) is 11.5. The zero-order valence-corrected chi connectivity index (χ0v) is 15.7. The Morgan fingerprint density at radius 3 is 2.50 bits per heavy atom. The van der Waals surface area contributed by atoms with E-state index in [-0.39, 0.29) is 11.5 Å². The van der Waals surface area contributed by atoms with E-state index in [0.29, 0.717) is 18.1 Å². The molecule has 0 aliphatic heterocycles. The highest BCUT2D eigenvalue weighted by atomic mass is 16.5. The van der Waals surface area contributed by atoms with Crippen LogP contribution >= 0.6 is 0 Å². The van der Waals surface area contributed by atoms with E-state index in [9.17, 15) is 5.11 Å². The topological polar surface area (TPSA) is 55.5 Å². The lowest BCUT2D eigenvalue weighted by Gasteiger charge is -2.60. The first-order valence-electron chi connectivity index (χ1n) is 10.5. The van der Waals surface area contributed by atoms with Gasteiger partial charge in [0.2, 0.25) is 0 Å². The van der Waals surface area contributed by atoms with Crippen LogP contribution in [0.15, 0.2) is 0 Å². The molecule has 138 valence electrons. The minimum absolute atomic E-state index is 0.0469. The Hall–Kier alpha value is -0.120. The summed E-state index contributed by atoms with van der Waals surface area (Å²) in [6, 6.07) is 0. The molecule has 0 radical (unpaired) electrons. The molecule has 0 aromatic carbocycles. The van der Waals surface area contributed by atoms with E-state index in [2.05, 4.69) is 13.8 Å². The molecule has 3 nitrogen and oxygen atoms in total. The van der Waals surface area contributed by atoms with E-state index < -0.39 is 0 Å². The number of fused-ring (bicyclic) bond motifs is 5. The van der Waals surface area contributed by atoms with Crippen LogP contribution in [0.2, 0.25) is 0 Å². The lowest BCUT2D eigenvalue weighted by molar-refractivity contribution is -0.140. The van der Waals surface area contributed by atoms with Gasteiger partial charge in [0.15, 0.2) is 0 Å². The molecule has 3 N–H and O–H groups in total. The van der Waals surface area contributed by atoms with Gasteiger partial charge >= 0.3 is 0 Å². The molecule has 3 heteroatoms. The van der Waals surface area contributed by atoms with E-state index in [1.165, 1.54) is 51.4 Å². The second-order valence-electron chi connectivity index (χ2n) is 9.85. The van der Waals surface area contributed by atoms with Crippen molar-refractivity contribution in [3.63, 3.8) is 0 Å². The number of aliphatic hydroxyl groups excluding tert-OH is 1. The minimum atomic E-state index is -0.0469. The van der Waals surface area contributed by atoms with Crippen LogP contribution in [0.4, 0.5) is 0 Å². The number of hydrogen-bond acceptors (Lipinski definition) is 3. The fourth-order valence-electron chi connectivity index (χ4n) is 7.58. The highest BCUT2D eigenvalue weighted by molar-refractivity contribution is 5.09. The predicted molar refractivity (Wildman–Crippen MR) is 96.5 cm³/mol. The molecule has 4 saturated carbocycles. The third-order valence-electron chi connectivity index (χ3n) is 9.04. The van der Waals surface area contributed by atoms with Gasteiger partial charge in [-0.05, 0) is 92.3 Å². The highest BCUT2D eigenvalue weighted by Crippen LogP contribution is 2.66. The molecule has 4 aliphatic rings. The predicted octanol–water partition coefficient (Wildman–Crippen LogP) is 3.73. The fraction of sp³-hybridized carbons (Fsp3) is 1.00. The monoisotopic (exact) mass is 335 g/mol. The summed E-state index contributed by atoms with van der Waals surface area (Å²) < 4.78 is 6.00. The van der Waals surface area contributed by atoms with Crippen LogP contribution in [-0.4, -0.2) is 30.5 Å². The Bertz CT molecular complexity index is 469. The molecule has 0 saturated heterocycles. The number of hydrogen-bond donors (Lipinski definition) is 2. The third kappa shape index (κ3) is 2.49. The van der Waals surface area contributed by atoms with Crippen molar-refractivity contribution in [3.8, 4) is 0 Å². The van der Waals surface area contributed by atoms with Crippen molar-refractivity contribution in [2.24, 2.45) is 40.2 Å². The molecule has 3 unspecified atom stereocenters. The van der Waals surface area contributed by atoms with E-state index >= 15 is 0 Å². The lowest BCUT2D eigenvalue weighted by Crippen LogP contribution is -2.54. The van der Waals surface area contributed by atoms with E-state index in [1.54, 1.807) is 0 Å². The maximum absolute atomic E-state index is 10.6. The molecule has 4 aliphatic carbocycles. The van der Waals surface area contributed by atoms with Gasteiger partial charge in [-0.2, -0.15) is 0 Å². The number of aliphatic hydroxyl groups is 1. The van der Waals surface area contributed by atoms with Gasteiger partial charge in [-0.15, -0.1) is 0 Å². The van der Waals surface area contributed by atoms with Gasteiger partial charge in [0, 0.05) is 6.54 Å². The molecule has 0 aromatic rings. The lowest BCUT2D eigenvalue weighted by atomic mass is 9.45. The molecular formula is C21H37NO2. The van der Waals surface area contributed by atoms with Gasteiger partial charge < -0.3 is 15.6 Å². The summed E-state index contributed by atoms with van der Waals surface area (Å²) in [6.07, 6.45) is 11.9. The van der Waals surface area contributed by atoms with Crippen molar-refractivity contribution in [3.05, 3.63) is 0 Å². The van der Waals surface area contributed by atoms with E-state index in [1.807, 2.05) is 0 Å². The van der Waals surface area contributed by atoms with Crippen LogP contribution in [0.1, 0.15) is 71.6 Å². The van der Waals surface area contributed by atoms with Gasteiger partial charge in [-0.1, -0.05) is 13.8 Å². The van der Waals surface area contributed by atoms with Crippen molar-refractivity contribution in [2.45, 2.75) is 83.8 Å². The Labute approximate surface area is 147 Å². The molecule has 0 aromatic heterocycles. The van der Waals surface area contributed by atoms with Gasteiger partial charge in [-0.25, -0.2) is 0 Å². The number of nitrogens with two attached hydrogens (primary N) is 1. The highest BCUT2D eigenvalue weighted by Gasteiger charge is 2.60. The van der Waals surface area contributed by atoms with Crippen LogP contribution in [0, 0.1) is 34.5 Å². The molecule has 0 amide bonds. The van der Waals surface area contributed by atoms with Crippen LogP contribution in [0.5, 0.6) is 0 Å².